The molecule has 0 bridgehead atoms. The number of thioether (sulfide) groups is 1. The molecule has 0 saturated heterocycles. The minimum atomic E-state index is -0.570. The zero-order valence-electron chi connectivity index (χ0n) is 14.9. The van der Waals surface area contributed by atoms with Crippen molar-refractivity contribution in [2.24, 2.45) is 0 Å². The molecule has 1 amide bonds. The zero-order chi connectivity index (χ0) is 19.2. The predicted octanol–water partition coefficient (Wildman–Crippen LogP) is 2.54. The second kappa shape index (κ2) is 8.59. The summed E-state index contributed by atoms with van der Waals surface area (Å²) in [4.78, 5) is 12.7. The molecule has 0 radical (unpaired) electrons. The van der Waals surface area contributed by atoms with E-state index in [1.807, 2.05) is 37.3 Å². The number of carbonyl (C=O) groups excluding carboxylic acids is 1. The van der Waals surface area contributed by atoms with Crippen molar-refractivity contribution >= 4 is 23.4 Å². The van der Waals surface area contributed by atoms with E-state index in [2.05, 4.69) is 10.6 Å². The molecule has 0 aliphatic heterocycles. The molecule has 2 aromatic carbocycles. The standard InChI is InChI=1S/C19H19N3O4S/c1-3-16(17(23)20-13-9-11-15(25-2)12-10-13)27-18-19(24)26-21-22(18)14-7-5-4-6-8-14/h4-12,16H,3H2,1-2H3,(H-,20,21,23,24). The van der Waals surface area contributed by atoms with Crippen LogP contribution in [-0.2, 0) is 4.79 Å². The summed E-state index contributed by atoms with van der Waals surface area (Å²) >= 11 is 1.14. The fraction of sp³-hybridized carbons (Fsp3) is 0.211. The molecule has 0 saturated carbocycles. The summed E-state index contributed by atoms with van der Waals surface area (Å²) < 4.78 is 11.3. The minimum absolute atomic E-state index is 0.201. The van der Waals surface area contributed by atoms with E-state index in [1.54, 1.807) is 31.4 Å². The smallest absolute Gasteiger partial charge is 0.298 e. The maximum Gasteiger partial charge on any atom is 0.298 e. The lowest BCUT2D eigenvalue weighted by Gasteiger charge is -2.13. The highest BCUT2D eigenvalue weighted by molar-refractivity contribution is 8.00. The van der Waals surface area contributed by atoms with Gasteiger partial charge in [-0.05, 0) is 47.1 Å². The lowest BCUT2D eigenvalue weighted by molar-refractivity contribution is -0.705. The Morgan fingerprint density at radius 3 is 2.59 bits per heavy atom. The molecule has 1 heterocycles. The fourth-order valence-corrected chi connectivity index (χ4v) is 3.40. The topological polar surface area (TPSA) is 91.3 Å². The molecule has 0 aliphatic rings. The molecule has 0 aliphatic carbocycles. The number of nitrogens with one attached hydrogen (secondary N) is 1. The van der Waals surface area contributed by atoms with Crippen molar-refractivity contribution in [1.29, 1.82) is 0 Å². The van der Waals surface area contributed by atoms with Gasteiger partial charge in [0.2, 0.25) is 11.6 Å². The Bertz CT molecular complexity index is 897. The first-order valence-corrected chi connectivity index (χ1v) is 9.26. The van der Waals surface area contributed by atoms with Gasteiger partial charge in [0.25, 0.3) is 5.03 Å². The van der Waals surface area contributed by atoms with Gasteiger partial charge in [-0.15, -0.1) is 0 Å². The molecule has 27 heavy (non-hydrogen) atoms. The van der Waals surface area contributed by atoms with E-state index in [4.69, 9.17) is 9.26 Å². The second-order valence-electron chi connectivity index (χ2n) is 5.65. The van der Waals surface area contributed by atoms with Crippen LogP contribution in [0.2, 0.25) is 0 Å². The molecular formula is C19H19N3O4S. The molecule has 0 fully saturated rings. The molecule has 8 heteroatoms. The van der Waals surface area contributed by atoms with E-state index >= 15 is 0 Å². The van der Waals surface area contributed by atoms with Crippen LogP contribution < -0.4 is 19.8 Å². The van der Waals surface area contributed by atoms with Crippen molar-refractivity contribution in [3.63, 3.8) is 0 Å². The maximum atomic E-state index is 12.7. The SMILES string of the molecule is CCC(Sc1c([O-])on[n+]1-c1ccccc1)C(=O)Nc1ccc(OC)cc1. The molecule has 1 aromatic heterocycles. The number of hydrogen-bond acceptors (Lipinski definition) is 6. The van der Waals surface area contributed by atoms with Crippen LogP contribution in [0.1, 0.15) is 13.3 Å². The third-order valence-electron chi connectivity index (χ3n) is 3.85. The van der Waals surface area contributed by atoms with Gasteiger partial charge in [-0.25, -0.2) is 0 Å². The predicted molar refractivity (Wildman–Crippen MR) is 99.0 cm³/mol. The molecule has 1 unspecified atom stereocenters. The monoisotopic (exact) mass is 385 g/mol. The van der Waals surface area contributed by atoms with E-state index in [-0.39, 0.29) is 10.9 Å². The van der Waals surface area contributed by atoms with Crippen molar-refractivity contribution in [3.8, 4) is 17.4 Å². The number of ether oxygens (including phenoxy) is 1. The van der Waals surface area contributed by atoms with Crippen LogP contribution >= 0.6 is 11.8 Å². The van der Waals surface area contributed by atoms with Gasteiger partial charge in [-0.2, -0.15) is 0 Å². The molecule has 1 N–H and O–H groups in total. The van der Waals surface area contributed by atoms with Gasteiger partial charge in [0.05, 0.1) is 17.6 Å². The van der Waals surface area contributed by atoms with Crippen LogP contribution in [0.15, 0.2) is 64.1 Å². The number of carbonyl (C=O) groups is 1. The number of nitrogens with zero attached hydrogens (tertiary/aromatic N) is 2. The van der Waals surface area contributed by atoms with E-state index in [1.165, 1.54) is 4.68 Å². The molecule has 1 atom stereocenters. The van der Waals surface area contributed by atoms with Crippen molar-refractivity contribution in [3.05, 3.63) is 54.6 Å². The summed E-state index contributed by atoms with van der Waals surface area (Å²) in [5.41, 5.74) is 1.35. The fourth-order valence-electron chi connectivity index (χ4n) is 2.43. The third-order valence-corrected chi connectivity index (χ3v) is 5.24. The van der Waals surface area contributed by atoms with E-state index < -0.39 is 11.2 Å². The van der Waals surface area contributed by atoms with E-state index in [0.717, 1.165) is 11.8 Å². The van der Waals surface area contributed by atoms with Gasteiger partial charge >= 0.3 is 0 Å². The molecule has 0 spiro atoms. The number of benzene rings is 2. The van der Waals surface area contributed by atoms with E-state index in [0.29, 0.717) is 23.5 Å². The Balaban J connectivity index is 1.77. The molecule has 3 rings (SSSR count). The highest BCUT2D eigenvalue weighted by Gasteiger charge is 2.28. The van der Waals surface area contributed by atoms with Crippen molar-refractivity contribution in [1.82, 2.24) is 5.27 Å². The lowest BCUT2D eigenvalue weighted by Crippen LogP contribution is -2.36. The van der Waals surface area contributed by atoms with Gasteiger partial charge in [-0.1, -0.05) is 25.1 Å². The van der Waals surface area contributed by atoms with Crippen LogP contribution in [0.3, 0.4) is 0 Å². The number of methoxy groups -OCH3 is 1. The summed E-state index contributed by atoms with van der Waals surface area (Å²) in [6.45, 7) is 1.89. The van der Waals surface area contributed by atoms with Gasteiger partial charge < -0.3 is 19.7 Å². The van der Waals surface area contributed by atoms with Crippen LogP contribution in [0.25, 0.3) is 5.69 Å². The first-order valence-electron chi connectivity index (χ1n) is 8.38. The zero-order valence-corrected chi connectivity index (χ0v) is 15.7. The number of aromatic nitrogens is 2. The summed E-state index contributed by atoms with van der Waals surface area (Å²) in [6.07, 6.45) is 0.534. The normalized spacial score (nSPS) is 11.8. The molecular weight excluding hydrogens is 366 g/mol. The molecule has 3 aromatic rings. The Kier molecular flexibility index (Phi) is 5.97. The quantitative estimate of drug-likeness (QED) is 0.496. The number of amides is 1. The lowest BCUT2D eigenvalue weighted by atomic mass is 10.2. The minimum Gasteiger partial charge on any atom is -0.538 e. The van der Waals surface area contributed by atoms with Crippen molar-refractivity contribution < 1.29 is 23.8 Å². The van der Waals surface area contributed by atoms with E-state index in [9.17, 15) is 9.90 Å². The Morgan fingerprint density at radius 2 is 1.96 bits per heavy atom. The van der Waals surface area contributed by atoms with Crippen LogP contribution in [0.5, 0.6) is 11.7 Å². The number of hydrogen-bond donors (Lipinski definition) is 1. The number of rotatable bonds is 7. The Hall–Kier alpha value is -3.00. The Labute approximate surface area is 160 Å². The largest absolute Gasteiger partial charge is 0.538 e. The van der Waals surface area contributed by atoms with Crippen LogP contribution in [0, 0.1) is 0 Å². The summed E-state index contributed by atoms with van der Waals surface area (Å²) in [5.74, 6) is -0.0637. The maximum absolute atomic E-state index is 12.7. The van der Waals surface area contributed by atoms with Crippen LogP contribution in [-0.4, -0.2) is 23.5 Å². The number of anilines is 1. The average molecular weight is 385 g/mol. The summed E-state index contributed by atoms with van der Waals surface area (Å²) in [5, 5.41) is 18.5. The first kappa shape index (κ1) is 18.8. The third kappa shape index (κ3) is 4.40. The highest BCUT2D eigenvalue weighted by Crippen LogP contribution is 2.30. The average Bonchev–Trinajstić information content (AvgIpc) is 3.07. The van der Waals surface area contributed by atoms with Gasteiger partial charge in [0.15, 0.2) is 5.95 Å². The van der Waals surface area contributed by atoms with Crippen LogP contribution in [0.4, 0.5) is 5.69 Å². The van der Waals surface area contributed by atoms with Gasteiger partial charge in [0.1, 0.15) is 5.75 Å². The summed E-state index contributed by atoms with van der Waals surface area (Å²) in [7, 11) is 1.58. The summed E-state index contributed by atoms with van der Waals surface area (Å²) in [6, 6.07) is 16.2. The first-order chi connectivity index (χ1) is 13.1. The molecule has 140 valence electrons. The van der Waals surface area contributed by atoms with Gasteiger partial charge in [-0.3, -0.25) is 4.79 Å². The highest BCUT2D eigenvalue weighted by atomic mass is 32.2. The molecule has 7 nitrogen and oxygen atoms in total. The van der Waals surface area contributed by atoms with Gasteiger partial charge in [0, 0.05) is 17.8 Å². The van der Waals surface area contributed by atoms with Crippen molar-refractivity contribution in [2.75, 3.05) is 12.4 Å². The Morgan fingerprint density at radius 1 is 1.26 bits per heavy atom. The second-order valence-corrected chi connectivity index (χ2v) is 6.84. The van der Waals surface area contributed by atoms with Crippen molar-refractivity contribution in [2.45, 2.75) is 23.6 Å². The number of para-hydroxylation sites is 1.